The molecule has 4 nitrogen and oxygen atoms in total. The largest absolute Gasteiger partial charge is 0.478 e. The van der Waals surface area contributed by atoms with Gasteiger partial charge < -0.3 is 14.9 Å². The van der Waals surface area contributed by atoms with E-state index in [0.717, 1.165) is 11.6 Å². The van der Waals surface area contributed by atoms with E-state index in [4.69, 9.17) is 9.84 Å². The first-order valence-electron chi connectivity index (χ1n) is 6.37. The first-order chi connectivity index (χ1) is 9.09. The number of ether oxygens (including phenoxy) is 1. The van der Waals surface area contributed by atoms with Gasteiger partial charge in [0.25, 0.3) is 0 Å². The van der Waals surface area contributed by atoms with Crippen LogP contribution in [0.3, 0.4) is 0 Å². The number of epoxide rings is 1. The Morgan fingerprint density at radius 2 is 2.11 bits per heavy atom. The highest BCUT2D eigenvalue weighted by Gasteiger charge is 2.45. The van der Waals surface area contributed by atoms with Crippen LogP contribution in [0.2, 0.25) is 0 Å². The smallest absolute Gasteiger partial charge is 0.327 e. The molecular weight excluding hydrogens is 244 g/mol. The third-order valence-corrected chi connectivity index (χ3v) is 3.42. The zero-order valence-corrected chi connectivity index (χ0v) is 10.8. The molecule has 0 spiro atoms. The average Bonchev–Trinajstić information content (AvgIpc) is 3.18. The predicted octanol–water partition coefficient (Wildman–Crippen LogP) is 2.15. The highest BCUT2D eigenvalue weighted by Crippen LogP contribution is 2.44. The summed E-state index contributed by atoms with van der Waals surface area (Å²) in [6.07, 6.45) is 2.33. The first-order valence-corrected chi connectivity index (χ1v) is 6.37. The Bertz CT molecular complexity index is 454. The summed E-state index contributed by atoms with van der Waals surface area (Å²) >= 11 is 0. The van der Waals surface area contributed by atoms with Gasteiger partial charge in [0.2, 0.25) is 0 Å². The van der Waals surface area contributed by atoms with Crippen molar-refractivity contribution in [3.63, 3.8) is 0 Å². The summed E-state index contributed by atoms with van der Waals surface area (Å²) in [6, 6.07) is 9.90. The van der Waals surface area contributed by atoms with Gasteiger partial charge in [0.1, 0.15) is 6.10 Å². The van der Waals surface area contributed by atoms with E-state index in [9.17, 15) is 9.90 Å². The lowest BCUT2D eigenvalue weighted by Gasteiger charge is -2.15. The Morgan fingerprint density at radius 1 is 1.42 bits per heavy atom. The molecule has 1 aliphatic rings. The Hall–Kier alpha value is -1.65. The van der Waals surface area contributed by atoms with Crippen LogP contribution >= 0.6 is 0 Å². The second-order valence-corrected chi connectivity index (χ2v) is 4.83. The molecule has 1 fully saturated rings. The summed E-state index contributed by atoms with van der Waals surface area (Å²) in [5, 5.41) is 18.5. The molecule has 0 saturated carbocycles. The molecule has 0 aliphatic carbocycles. The van der Waals surface area contributed by atoms with Gasteiger partial charge >= 0.3 is 5.97 Å². The summed E-state index contributed by atoms with van der Waals surface area (Å²) in [6.45, 7) is 1.92. The zero-order valence-electron chi connectivity index (χ0n) is 10.8. The molecule has 0 unspecified atom stereocenters. The van der Waals surface area contributed by atoms with Crippen molar-refractivity contribution in [3.8, 4) is 0 Å². The lowest BCUT2D eigenvalue weighted by Crippen LogP contribution is -2.22. The van der Waals surface area contributed by atoms with Gasteiger partial charge in [0.05, 0.1) is 12.2 Å². The van der Waals surface area contributed by atoms with Crippen LogP contribution in [0, 0.1) is 5.92 Å². The molecule has 0 aromatic heterocycles. The Morgan fingerprint density at radius 3 is 2.74 bits per heavy atom. The molecule has 0 radical (unpaired) electrons. The maximum atomic E-state index is 10.3. The number of benzene rings is 1. The summed E-state index contributed by atoms with van der Waals surface area (Å²) < 4.78 is 5.61. The van der Waals surface area contributed by atoms with Crippen molar-refractivity contribution in [2.24, 2.45) is 5.92 Å². The standard InChI is InChI=1S/C15H18O4/c1-10(12(16)8-5-9-13(17)18)14-15(19-14)11-6-3-2-4-7-11/h2-7,9-10,12,14-16H,8H2,1H3,(H,17,18)/t10-,12-,14+,15+/m0/s1. The minimum absolute atomic E-state index is 0.00984. The van der Waals surface area contributed by atoms with Gasteiger partial charge in [0.15, 0.2) is 0 Å². The van der Waals surface area contributed by atoms with E-state index in [1.54, 1.807) is 0 Å². The molecular formula is C15H18O4. The van der Waals surface area contributed by atoms with E-state index in [-0.39, 0.29) is 18.1 Å². The molecule has 1 aliphatic heterocycles. The molecule has 1 saturated heterocycles. The van der Waals surface area contributed by atoms with Gasteiger partial charge in [-0.2, -0.15) is 0 Å². The van der Waals surface area contributed by atoms with Crippen molar-refractivity contribution in [2.45, 2.75) is 31.7 Å². The summed E-state index contributed by atoms with van der Waals surface area (Å²) in [7, 11) is 0. The van der Waals surface area contributed by atoms with Crippen LogP contribution in [0.5, 0.6) is 0 Å². The molecule has 0 amide bonds. The predicted molar refractivity (Wildman–Crippen MR) is 70.6 cm³/mol. The molecule has 1 aromatic rings. The lowest BCUT2D eigenvalue weighted by atomic mass is 9.94. The highest BCUT2D eigenvalue weighted by atomic mass is 16.6. The molecule has 0 bridgehead atoms. The minimum Gasteiger partial charge on any atom is -0.478 e. The van der Waals surface area contributed by atoms with Crippen molar-refractivity contribution < 1.29 is 19.7 Å². The van der Waals surface area contributed by atoms with E-state index in [2.05, 4.69) is 0 Å². The third kappa shape index (κ3) is 3.66. The van der Waals surface area contributed by atoms with Gasteiger partial charge in [-0.05, 0) is 12.0 Å². The fourth-order valence-corrected chi connectivity index (χ4v) is 2.18. The molecule has 1 heterocycles. The molecule has 1 aromatic carbocycles. The zero-order chi connectivity index (χ0) is 13.8. The molecule has 2 rings (SSSR count). The first kappa shape index (κ1) is 13.8. The summed E-state index contributed by atoms with van der Waals surface area (Å²) in [5.41, 5.74) is 1.12. The van der Waals surface area contributed by atoms with Crippen LogP contribution in [0.25, 0.3) is 0 Å². The number of carbonyl (C=O) groups is 1. The number of carboxylic acid groups (broad SMARTS) is 1. The quantitative estimate of drug-likeness (QED) is 0.609. The van der Waals surface area contributed by atoms with E-state index < -0.39 is 12.1 Å². The third-order valence-electron chi connectivity index (χ3n) is 3.42. The molecule has 102 valence electrons. The molecule has 2 N–H and O–H groups in total. The van der Waals surface area contributed by atoms with Crippen molar-refractivity contribution in [1.82, 2.24) is 0 Å². The van der Waals surface area contributed by atoms with Crippen LogP contribution in [-0.2, 0) is 9.53 Å². The Labute approximate surface area is 112 Å². The average molecular weight is 262 g/mol. The molecule has 4 heteroatoms. The minimum atomic E-state index is -0.996. The van der Waals surface area contributed by atoms with Crippen LogP contribution in [0.15, 0.2) is 42.5 Å². The van der Waals surface area contributed by atoms with Crippen molar-refractivity contribution in [1.29, 1.82) is 0 Å². The number of hydrogen-bond donors (Lipinski definition) is 2. The van der Waals surface area contributed by atoms with E-state index in [1.165, 1.54) is 6.08 Å². The number of aliphatic hydroxyl groups excluding tert-OH is 1. The Balaban J connectivity index is 1.85. The van der Waals surface area contributed by atoms with Crippen LogP contribution in [0.4, 0.5) is 0 Å². The Kier molecular flexibility index (Phi) is 4.35. The number of aliphatic hydroxyl groups is 1. The second-order valence-electron chi connectivity index (χ2n) is 4.83. The number of aliphatic carboxylic acids is 1. The molecule has 19 heavy (non-hydrogen) atoms. The van der Waals surface area contributed by atoms with Gasteiger partial charge in [-0.1, -0.05) is 43.3 Å². The molecule has 4 atom stereocenters. The number of rotatable bonds is 6. The van der Waals surface area contributed by atoms with Crippen LogP contribution in [-0.4, -0.2) is 28.4 Å². The summed E-state index contributed by atoms with van der Waals surface area (Å²) in [4.78, 5) is 10.3. The van der Waals surface area contributed by atoms with Crippen molar-refractivity contribution in [2.75, 3.05) is 0 Å². The van der Waals surface area contributed by atoms with Crippen molar-refractivity contribution >= 4 is 5.97 Å². The monoisotopic (exact) mass is 262 g/mol. The topological polar surface area (TPSA) is 70.1 Å². The van der Waals surface area contributed by atoms with E-state index in [1.807, 2.05) is 37.3 Å². The lowest BCUT2D eigenvalue weighted by molar-refractivity contribution is -0.131. The van der Waals surface area contributed by atoms with Gasteiger partial charge in [0, 0.05) is 12.0 Å². The second kappa shape index (κ2) is 5.99. The fourth-order valence-electron chi connectivity index (χ4n) is 2.18. The van der Waals surface area contributed by atoms with Crippen LogP contribution < -0.4 is 0 Å². The van der Waals surface area contributed by atoms with Crippen LogP contribution in [0.1, 0.15) is 25.0 Å². The number of hydrogen-bond acceptors (Lipinski definition) is 3. The van der Waals surface area contributed by atoms with E-state index in [0.29, 0.717) is 6.42 Å². The van der Waals surface area contributed by atoms with Gasteiger partial charge in [-0.25, -0.2) is 4.79 Å². The maximum absolute atomic E-state index is 10.3. The highest BCUT2D eigenvalue weighted by molar-refractivity contribution is 5.79. The van der Waals surface area contributed by atoms with Gasteiger partial charge in [-0.3, -0.25) is 0 Å². The summed E-state index contributed by atoms with van der Waals surface area (Å²) in [5.74, 6) is -1.02. The van der Waals surface area contributed by atoms with Crippen molar-refractivity contribution in [3.05, 3.63) is 48.0 Å². The normalized spacial score (nSPS) is 25.2. The maximum Gasteiger partial charge on any atom is 0.327 e. The van der Waals surface area contributed by atoms with E-state index >= 15 is 0 Å². The fraction of sp³-hybridized carbons (Fsp3) is 0.400. The SMILES string of the molecule is C[C@H]([C@H]1O[C@@H]1c1ccccc1)[C@@H](O)CC=CC(=O)O. The number of carboxylic acids is 1. The van der Waals surface area contributed by atoms with Gasteiger partial charge in [-0.15, -0.1) is 0 Å².